The molecule has 2 aliphatic rings. The summed E-state index contributed by atoms with van der Waals surface area (Å²) < 4.78 is 0. The van der Waals surface area contributed by atoms with Crippen LogP contribution in [-0.2, 0) is 11.3 Å². The maximum Gasteiger partial charge on any atom is 0.223 e. The molecule has 1 unspecified atom stereocenters. The minimum Gasteiger partial charge on any atom is -0.373 e. The van der Waals surface area contributed by atoms with Gasteiger partial charge in [-0.15, -0.1) is 24.8 Å². The predicted octanol–water partition coefficient (Wildman–Crippen LogP) is 3.33. The number of amides is 1. The van der Waals surface area contributed by atoms with Gasteiger partial charge < -0.3 is 15.1 Å². The molecule has 1 aromatic carbocycles. The number of hydrogen-bond acceptors (Lipinski definition) is 3. The molecule has 142 valence electrons. The molecule has 2 aliphatic heterocycles. The maximum atomic E-state index is 12.8. The van der Waals surface area contributed by atoms with E-state index in [1.807, 2.05) is 0 Å². The largest absolute Gasteiger partial charge is 0.373 e. The Morgan fingerprint density at radius 2 is 1.88 bits per heavy atom. The first-order valence-corrected chi connectivity index (χ1v) is 8.92. The molecule has 0 saturated carbocycles. The van der Waals surface area contributed by atoms with E-state index in [9.17, 15) is 4.79 Å². The van der Waals surface area contributed by atoms with Crippen LogP contribution in [-0.4, -0.2) is 44.0 Å². The van der Waals surface area contributed by atoms with Crippen molar-refractivity contribution >= 4 is 36.4 Å². The molecule has 1 fully saturated rings. The smallest absolute Gasteiger partial charge is 0.223 e. The van der Waals surface area contributed by atoms with Crippen LogP contribution in [0.2, 0.25) is 0 Å². The van der Waals surface area contributed by atoms with Gasteiger partial charge in [0.05, 0.1) is 0 Å². The highest BCUT2D eigenvalue weighted by Gasteiger charge is 2.26. The van der Waals surface area contributed by atoms with E-state index in [1.54, 1.807) is 0 Å². The topological polar surface area (TPSA) is 35.6 Å². The number of piperidine rings is 1. The summed E-state index contributed by atoms with van der Waals surface area (Å²) >= 11 is 0. The van der Waals surface area contributed by atoms with Crippen LogP contribution in [0.25, 0.3) is 0 Å². The Labute approximate surface area is 164 Å². The molecule has 3 rings (SSSR count). The molecule has 1 atom stereocenters. The quantitative estimate of drug-likeness (QED) is 0.863. The lowest BCUT2D eigenvalue weighted by molar-refractivity contribution is -0.133. The van der Waals surface area contributed by atoms with Crippen molar-refractivity contribution in [2.75, 3.05) is 38.1 Å². The number of anilines is 1. The van der Waals surface area contributed by atoms with E-state index in [2.05, 4.69) is 53.4 Å². The van der Waals surface area contributed by atoms with E-state index in [0.29, 0.717) is 24.2 Å². The van der Waals surface area contributed by atoms with Gasteiger partial charge in [-0.25, -0.2) is 0 Å². The van der Waals surface area contributed by atoms with E-state index < -0.39 is 0 Å². The van der Waals surface area contributed by atoms with Gasteiger partial charge in [-0.2, -0.15) is 0 Å². The van der Waals surface area contributed by atoms with Crippen molar-refractivity contribution in [1.29, 1.82) is 0 Å². The Morgan fingerprint density at radius 1 is 1.20 bits per heavy atom. The van der Waals surface area contributed by atoms with Crippen LogP contribution in [0.5, 0.6) is 0 Å². The van der Waals surface area contributed by atoms with Crippen molar-refractivity contribution in [3.63, 3.8) is 0 Å². The Bertz CT molecular complexity index is 549. The summed E-state index contributed by atoms with van der Waals surface area (Å²) in [4.78, 5) is 17.1. The van der Waals surface area contributed by atoms with E-state index in [1.165, 1.54) is 24.1 Å². The van der Waals surface area contributed by atoms with Gasteiger partial charge in [0.1, 0.15) is 0 Å². The van der Waals surface area contributed by atoms with Crippen molar-refractivity contribution in [2.45, 2.75) is 32.7 Å². The molecule has 25 heavy (non-hydrogen) atoms. The van der Waals surface area contributed by atoms with Crippen LogP contribution >= 0.6 is 24.8 Å². The van der Waals surface area contributed by atoms with E-state index in [-0.39, 0.29) is 24.8 Å². The van der Waals surface area contributed by atoms with Crippen molar-refractivity contribution in [1.82, 2.24) is 10.2 Å². The van der Waals surface area contributed by atoms with Crippen molar-refractivity contribution in [3.05, 3.63) is 29.8 Å². The number of nitrogens with one attached hydrogen (secondary N) is 1. The lowest BCUT2D eigenvalue weighted by Gasteiger charge is -2.30. The molecule has 0 radical (unpaired) electrons. The first kappa shape index (κ1) is 22.1. The van der Waals surface area contributed by atoms with Crippen LogP contribution in [0.15, 0.2) is 24.3 Å². The number of likely N-dealkylation sites (N-methyl/N-ethyl adjacent to an activating group) is 1. The number of hydrogen-bond donors (Lipinski definition) is 1. The van der Waals surface area contributed by atoms with Gasteiger partial charge >= 0.3 is 0 Å². The van der Waals surface area contributed by atoms with Gasteiger partial charge in [0.25, 0.3) is 0 Å². The minimum atomic E-state index is 0. The molecular formula is C19H31Cl2N3O. The minimum absolute atomic E-state index is 0. The number of para-hydroxylation sites is 1. The maximum absolute atomic E-state index is 12.8. The van der Waals surface area contributed by atoms with E-state index >= 15 is 0 Å². The zero-order valence-electron chi connectivity index (χ0n) is 15.2. The molecule has 0 aromatic heterocycles. The molecule has 1 amide bonds. The molecule has 2 heterocycles. The molecule has 1 saturated heterocycles. The number of carbonyl (C=O) groups excluding carboxylic acids is 1. The standard InChI is InChI=1S/C19H29N3O.2ClH/c1-15(16-7-9-20-10-8-16)13-19(23)22-12-11-21(2)18-6-4-3-5-17(18)14-22;;/h3-6,15-16,20H,7-14H2,1-2H3;2*1H. The second-order valence-electron chi connectivity index (χ2n) is 7.13. The number of benzene rings is 1. The molecule has 1 aromatic rings. The lowest BCUT2D eigenvalue weighted by Crippen LogP contribution is -2.37. The molecule has 0 spiro atoms. The van der Waals surface area contributed by atoms with Gasteiger partial charge in [0.15, 0.2) is 0 Å². The second-order valence-corrected chi connectivity index (χ2v) is 7.13. The first-order chi connectivity index (χ1) is 11.1. The van der Waals surface area contributed by atoms with Gasteiger partial charge in [0, 0.05) is 38.8 Å². The van der Waals surface area contributed by atoms with E-state index in [0.717, 1.165) is 32.7 Å². The van der Waals surface area contributed by atoms with Crippen LogP contribution in [0, 0.1) is 11.8 Å². The SMILES string of the molecule is CC(CC(=O)N1CCN(C)c2ccccc2C1)C1CCNCC1.Cl.Cl. The van der Waals surface area contributed by atoms with Gasteiger partial charge in [-0.05, 0) is 49.4 Å². The summed E-state index contributed by atoms with van der Waals surface area (Å²) in [6.45, 7) is 6.94. The monoisotopic (exact) mass is 387 g/mol. The number of carbonyl (C=O) groups is 1. The zero-order chi connectivity index (χ0) is 16.2. The van der Waals surface area contributed by atoms with Crippen LogP contribution in [0.4, 0.5) is 5.69 Å². The van der Waals surface area contributed by atoms with Gasteiger partial charge in [-0.3, -0.25) is 4.79 Å². The van der Waals surface area contributed by atoms with Crippen molar-refractivity contribution in [3.8, 4) is 0 Å². The van der Waals surface area contributed by atoms with E-state index in [4.69, 9.17) is 0 Å². The highest BCUT2D eigenvalue weighted by atomic mass is 35.5. The highest BCUT2D eigenvalue weighted by Crippen LogP contribution is 2.27. The van der Waals surface area contributed by atoms with Gasteiger partial charge in [-0.1, -0.05) is 25.1 Å². The first-order valence-electron chi connectivity index (χ1n) is 8.92. The molecule has 0 bridgehead atoms. The fraction of sp³-hybridized carbons (Fsp3) is 0.632. The Hall–Kier alpha value is -0.970. The molecule has 0 aliphatic carbocycles. The van der Waals surface area contributed by atoms with Crippen LogP contribution in [0.3, 0.4) is 0 Å². The molecular weight excluding hydrogens is 357 g/mol. The third-order valence-electron chi connectivity index (χ3n) is 5.51. The highest BCUT2D eigenvalue weighted by molar-refractivity contribution is 5.85. The molecule has 1 N–H and O–H groups in total. The average molecular weight is 388 g/mol. The van der Waals surface area contributed by atoms with Crippen LogP contribution < -0.4 is 10.2 Å². The normalized spacial score (nSPS) is 19.1. The number of rotatable bonds is 3. The summed E-state index contributed by atoms with van der Waals surface area (Å²) in [5.74, 6) is 1.50. The average Bonchev–Trinajstić information content (AvgIpc) is 2.75. The Balaban J connectivity index is 0.00000156. The summed E-state index contributed by atoms with van der Waals surface area (Å²) in [6, 6.07) is 8.44. The number of halogens is 2. The van der Waals surface area contributed by atoms with Crippen LogP contribution in [0.1, 0.15) is 31.7 Å². The third-order valence-corrected chi connectivity index (χ3v) is 5.51. The Kier molecular flexibility index (Phi) is 9.04. The summed E-state index contributed by atoms with van der Waals surface area (Å²) in [7, 11) is 2.12. The third kappa shape index (κ3) is 5.50. The van der Waals surface area contributed by atoms with Crippen molar-refractivity contribution in [2.24, 2.45) is 11.8 Å². The summed E-state index contributed by atoms with van der Waals surface area (Å²) in [5, 5.41) is 3.41. The number of fused-ring (bicyclic) bond motifs is 1. The predicted molar refractivity (Wildman–Crippen MR) is 109 cm³/mol. The zero-order valence-corrected chi connectivity index (χ0v) is 16.9. The Morgan fingerprint density at radius 3 is 2.60 bits per heavy atom. The van der Waals surface area contributed by atoms with Crippen molar-refractivity contribution < 1.29 is 4.79 Å². The molecule has 4 nitrogen and oxygen atoms in total. The second kappa shape index (κ2) is 10.2. The fourth-order valence-electron chi connectivity index (χ4n) is 3.89. The number of nitrogens with zero attached hydrogens (tertiary/aromatic N) is 2. The molecule has 6 heteroatoms. The fourth-order valence-corrected chi connectivity index (χ4v) is 3.89. The lowest BCUT2D eigenvalue weighted by atomic mass is 9.84. The van der Waals surface area contributed by atoms with Gasteiger partial charge in [0.2, 0.25) is 5.91 Å². The summed E-state index contributed by atoms with van der Waals surface area (Å²) in [5.41, 5.74) is 2.52. The summed E-state index contributed by atoms with van der Waals surface area (Å²) in [6.07, 6.45) is 3.11.